The van der Waals surface area contributed by atoms with Crippen molar-refractivity contribution in [2.24, 2.45) is 0 Å². The first-order chi connectivity index (χ1) is 9.91. The fourth-order valence-electron chi connectivity index (χ4n) is 2.67. The number of carbonyl (C=O) groups excluding carboxylic acids is 1. The maximum atomic E-state index is 12.6. The summed E-state index contributed by atoms with van der Waals surface area (Å²) in [4.78, 5) is 12.6. The predicted molar refractivity (Wildman–Crippen MR) is 83.1 cm³/mol. The number of aryl methyl sites for hydroxylation is 3. The van der Waals surface area contributed by atoms with E-state index in [1.54, 1.807) is 30.3 Å². The van der Waals surface area contributed by atoms with E-state index < -0.39 is 16.3 Å². The van der Waals surface area contributed by atoms with E-state index in [0.717, 1.165) is 16.7 Å². The van der Waals surface area contributed by atoms with Gasteiger partial charge < -0.3 is 4.55 Å². The van der Waals surface area contributed by atoms with Crippen molar-refractivity contribution < 1.29 is 13.6 Å². The smallest absolute Gasteiger partial charge is 0.181 e. The Hall–Kier alpha value is -1.78. The van der Waals surface area contributed by atoms with Crippen molar-refractivity contribution in [1.29, 1.82) is 0 Å². The lowest BCUT2D eigenvalue weighted by Gasteiger charge is -2.23. The summed E-state index contributed by atoms with van der Waals surface area (Å²) >= 11 is -2.51. The molecule has 2 rings (SSSR count). The topological polar surface area (TPSA) is 57.2 Å². The molecule has 0 bridgehead atoms. The SMILES string of the molecule is Cc1cc(C)c(C(C(=O)c2ccccc2)S(=O)[O-])c(C)c1. The monoisotopic (exact) mass is 301 g/mol. The molecule has 0 aliphatic heterocycles. The van der Waals surface area contributed by atoms with Gasteiger partial charge in [-0.1, -0.05) is 48.0 Å². The van der Waals surface area contributed by atoms with Gasteiger partial charge in [0.2, 0.25) is 0 Å². The summed E-state index contributed by atoms with van der Waals surface area (Å²) in [6.07, 6.45) is 0. The molecule has 2 aromatic carbocycles. The molecule has 3 nitrogen and oxygen atoms in total. The number of rotatable bonds is 4. The fraction of sp³-hybridized carbons (Fsp3) is 0.235. The third-order valence-corrected chi connectivity index (χ3v) is 4.32. The molecule has 0 spiro atoms. The lowest BCUT2D eigenvalue weighted by atomic mass is 9.93. The van der Waals surface area contributed by atoms with Gasteiger partial charge in [0, 0.05) is 5.56 Å². The summed E-state index contributed by atoms with van der Waals surface area (Å²) in [6, 6.07) is 12.3. The van der Waals surface area contributed by atoms with Gasteiger partial charge in [-0.25, -0.2) is 0 Å². The molecule has 0 saturated heterocycles. The van der Waals surface area contributed by atoms with Crippen LogP contribution in [0.5, 0.6) is 0 Å². The van der Waals surface area contributed by atoms with E-state index in [1.165, 1.54) is 0 Å². The van der Waals surface area contributed by atoms with E-state index in [9.17, 15) is 13.6 Å². The highest BCUT2D eigenvalue weighted by Crippen LogP contribution is 2.30. The average molecular weight is 301 g/mol. The number of hydrogen-bond acceptors (Lipinski definition) is 3. The van der Waals surface area contributed by atoms with Crippen LogP contribution in [0.15, 0.2) is 42.5 Å². The first-order valence-corrected chi connectivity index (χ1v) is 7.80. The van der Waals surface area contributed by atoms with Gasteiger partial charge in [-0.2, -0.15) is 0 Å². The first-order valence-electron chi connectivity index (χ1n) is 6.67. The van der Waals surface area contributed by atoms with E-state index >= 15 is 0 Å². The van der Waals surface area contributed by atoms with E-state index in [1.807, 2.05) is 32.9 Å². The van der Waals surface area contributed by atoms with Gasteiger partial charge in [0.15, 0.2) is 5.78 Å². The van der Waals surface area contributed by atoms with Crippen molar-refractivity contribution in [1.82, 2.24) is 0 Å². The zero-order chi connectivity index (χ0) is 15.6. The lowest BCUT2D eigenvalue weighted by molar-refractivity contribution is 0.0985. The number of ketones is 1. The van der Waals surface area contributed by atoms with Crippen molar-refractivity contribution in [3.8, 4) is 0 Å². The summed E-state index contributed by atoms with van der Waals surface area (Å²) in [5.74, 6) is -0.390. The number of carbonyl (C=O) groups is 1. The van der Waals surface area contributed by atoms with E-state index in [0.29, 0.717) is 11.1 Å². The molecular weight excluding hydrogens is 284 g/mol. The highest BCUT2D eigenvalue weighted by atomic mass is 32.2. The quantitative estimate of drug-likeness (QED) is 0.642. The normalized spacial score (nSPS) is 13.7. The Labute approximate surface area is 127 Å². The molecule has 0 fully saturated rings. The van der Waals surface area contributed by atoms with Crippen LogP contribution in [0.2, 0.25) is 0 Å². The second-order valence-electron chi connectivity index (χ2n) is 5.18. The highest BCUT2D eigenvalue weighted by Gasteiger charge is 2.26. The van der Waals surface area contributed by atoms with Crippen LogP contribution in [0.3, 0.4) is 0 Å². The number of benzene rings is 2. The maximum absolute atomic E-state index is 12.6. The van der Waals surface area contributed by atoms with Crippen LogP contribution in [0, 0.1) is 20.8 Å². The Morgan fingerprint density at radius 1 is 1.05 bits per heavy atom. The molecule has 0 aliphatic rings. The van der Waals surface area contributed by atoms with E-state index in [4.69, 9.17) is 0 Å². The summed E-state index contributed by atoms with van der Waals surface area (Å²) < 4.78 is 23.4. The summed E-state index contributed by atoms with van der Waals surface area (Å²) in [5.41, 5.74) is 3.70. The second-order valence-corrected chi connectivity index (χ2v) is 6.18. The van der Waals surface area contributed by atoms with Crippen molar-refractivity contribution in [2.75, 3.05) is 0 Å². The Morgan fingerprint density at radius 2 is 1.57 bits per heavy atom. The zero-order valence-electron chi connectivity index (χ0n) is 12.3. The molecule has 0 aromatic heterocycles. The Morgan fingerprint density at radius 3 is 2.05 bits per heavy atom. The van der Waals surface area contributed by atoms with Gasteiger partial charge in [0.05, 0.1) is 0 Å². The second kappa shape index (κ2) is 6.33. The third-order valence-electron chi connectivity index (χ3n) is 3.49. The van der Waals surface area contributed by atoms with E-state index in [2.05, 4.69) is 0 Å². The molecule has 0 aliphatic carbocycles. The Kier molecular flexibility index (Phi) is 4.70. The van der Waals surface area contributed by atoms with Crippen molar-refractivity contribution in [3.63, 3.8) is 0 Å². The van der Waals surface area contributed by atoms with Gasteiger partial charge >= 0.3 is 0 Å². The molecule has 4 heteroatoms. The first kappa shape index (κ1) is 15.6. The molecule has 21 heavy (non-hydrogen) atoms. The van der Waals surface area contributed by atoms with Crippen LogP contribution in [-0.2, 0) is 11.1 Å². The summed E-state index contributed by atoms with van der Waals surface area (Å²) in [5, 5.41) is -1.16. The van der Waals surface area contributed by atoms with Crippen molar-refractivity contribution in [3.05, 3.63) is 70.3 Å². The standard InChI is InChI=1S/C17H18O3S/c1-11-9-12(2)15(13(3)10-11)17(21(19)20)16(18)14-7-5-4-6-8-14/h4-10,17H,1-3H3,(H,19,20)/p-1. The zero-order valence-corrected chi connectivity index (χ0v) is 13.1. The number of hydrogen-bond donors (Lipinski definition) is 0. The van der Waals surface area contributed by atoms with Crippen molar-refractivity contribution >= 4 is 16.9 Å². The van der Waals surface area contributed by atoms with Gasteiger partial charge in [-0.15, -0.1) is 0 Å². The molecule has 0 heterocycles. The Bertz CT molecular complexity index is 669. The lowest BCUT2D eigenvalue weighted by Crippen LogP contribution is -2.20. The summed E-state index contributed by atoms with van der Waals surface area (Å²) in [6.45, 7) is 5.63. The van der Waals surface area contributed by atoms with Crippen LogP contribution < -0.4 is 0 Å². The molecule has 0 saturated carbocycles. The van der Waals surface area contributed by atoms with Gasteiger partial charge in [0.25, 0.3) is 0 Å². The van der Waals surface area contributed by atoms with Gasteiger partial charge in [0.1, 0.15) is 5.25 Å². The molecule has 2 unspecified atom stereocenters. The van der Waals surface area contributed by atoms with Gasteiger partial charge in [-0.05, 0) is 48.5 Å². The maximum Gasteiger partial charge on any atom is 0.181 e. The Balaban J connectivity index is 2.56. The summed E-state index contributed by atoms with van der Waals surface area (Å²) in [7, 11) is 0. The van der Waals surface area contributed by atoms with Gasteiger partial charge in [-0.3, -0.25) is 9.00 Å². The minimum absolute atomic E-state index is 0.390. The number of Topliss-reactive ketones (excluding diaryl/α,β-unsaturated/α-hetero) is 1. The molecule has 0 radical (unpaired) electrons. The van der Waals surface area contributed by atoms with Crippen LogP contribution in [0.25, 0.3) is 0 Å². The molecule has 110 valence electrons. The molecule has 2 atom stereocenters. The van der Waals surface area contributed by atoms with Crippen LogP contribution in [-0.4, -0.2) is 14.5 Å². The van der Waals surface area contributed by atoms with E-state index in [-0.39, 0.29) is 5.78 Å². The van der Waals surface area contributed by atoms with Crippen LogP contribution >= 0.6 is 0 Å². The molecule has 0 N–H and O–H groups in total. The molecule has 2 aromatic rings. The highest BCUT2D eigenvalue weighted by molar-refractivity contribution is 7.80. The largest absolute Gasteiger partial charge is 0.772 e. The molecular formula is C17H17O3S-. The minimum Gasteiger partial charge on any atom is -0.772 e. The third kappa shape index (κ3) is 3.28. The van der Waals surface area contributed by atoms with Crippen LogP contribution in [0.4, 0.5) is 0 Å². The molecule has 0 amide bonds. The van der Waals surface area contributed by atoms with Crippen LogP contribution in [0.1, 0.15) is 37.9 Å². The predicted octanol–water partition coefficient (Wildman–Crippen LogP) is 3.41. The van der Waals surface area contributed by atoms with Crippen molar-refractivity contribution in [2.45, 2.75) is 26.0 Å². The minimum atomic E-state index is -2.51. The fourth-order valence-corrected chi connectivity index (χ4v) is 3.55. The average Bonchev–Trinajstić information content (AvgIpc) is 2.42.